The first-order valence-corrected chi connectivity index (χ1v) is 10.3. The average Bonchev–Trinajstić information content (AvgIpc) is 3.20. The van der Waals surface area contributed by atoms with E-state index >= 15 is 0 Å². The molecule has 4 rings (SSSR count). The Labute approximate surface area is 166 Å². The zero-order valence-electron chi connectivity index (χ0n) is 15.9. The van der Waals surface area contributed by atoms with Crippen molar-refractivity contribution in [3.8, 4) is 0 Å². The number of carboxylic acid groups (broad SMARTS) is 1. The van der Waals surface area contributed by atoms with Crippen LogP contribution >= 0.6 is 11.8 Å². The standard InChI is InChI=1S/C18H23N3O6S/c1-4-19-15(23)10-5-9(6-20(10)18(19)27)28-14-7(2)12-11(8(3)22)16(24)21(12)13(14)17(25)26/h7-12,22H,4-6H2,1-3H3,(H,25,26)/t7-,8-,9+,10+,11-,12-/m1/s1. The Hall–Kier alpha value is -2.07. The molecular formula is C18H23N3O6S. The molecule has 9 nitrogen and oxygen atoms in total. The lowest BCUT2D eigenvalue weighted by molar-refractivity contribution is -0.163. The second-order valence-corrected chi connectivity index (χ2v) is 9.12. The smallest absolute Gasteiger partial charge is 0.353 e. The third kappa shape index (κ3) is 2.43. The van der Waals surface area contributed by atoms with Crippen LogP contribution in [-0.4, -0.2) is 85.3 Å². The highest BCUT2D eigenvalue weighted by molar-refractivity contribution is 8.03. The van der Waals surface area contributed by atoms with Crippen LogP contribution in [0.15, 0.2) is 10.6 Å². The minimum atomic E-state index is -1.17. The highest BCUT2D eigenvalue weighted by Gasteiger charge is 2.60. The van der Waals surface area contributed by atoms with Crippen molar-refractivity contribution in [3.63, 3.8) is 0 Å². The number of nitrogens with zero attached hydrogens (tertiary/aromatic N) is 3. The first-order valence-electron chi connectivity index (χ1n) is 9.46. The second-order valence-electron chi connectivity index (χ2n) is 7.78. The molecule has 0 unspecified atom stereocenters. The number of carboxylic acids is 1. The number of imide groups is 1. The number of hydrogen-bond donors (Lipinski definition) is 2. The van der Waals surface area contributed by atoms with Crippen LogP contribution in [0.2, 0.25) is 0 Å². The van der Waals surface area contributed by atoms with Crippen molar-refractivity contribution >= 4 is 35.6 Å². The molecule has 0 aromatic heterocycles. The van der Waals surface area contributed by atoms with E-state index in [4.69, 9.17) is 0 Å². The summed E-state index contributed by atoms with van der Waals surface area (Å²) < 4.78 is 0. The molecule has 2 N–H and O–H groups in total. The van der Waals surface area contributed by atoms with Gasteiger partial charge in [-0.05, 0) is 20.3 Å². The van der Waals surface area contributed by atoms with E-state index in [1.54, 1.807) is 18.7 Å². The van der Waals surface area contributed by atoms with Gasteiger partial charge in [0.25, 0.3) is 5.91 Å². The molecule has 0 bridgehead atoms. The number of thioether (sulfide) groups is 1. The maximum absolute atomic E-state index is 12.4. The molecule has 6 atom stereocenters. The number of carbonyl (C=O) groups excluding carboxylic acids is 3. The van der Waals surface area contributed by atoms with Crippen LogP contribution in [-0.2, 0) is 14.4 Å². The van der Waals surface area contributed by atoms with Crippen LogP contribution in [0.5, 0.6) is 0 Å². The van der Waals surface area contributed by atoms with Crippen molar-refractivity contribution in [1.29, 1.82) is 0 Å². The summed E-state index contributed by atoms with van der Waals surface area (Å²) >= 11 is 1.35. The summed E-state index contributed by atoms with van der Waals surface area (Å²) in [6.07, 6.45) is -0.379. The molecule has 152 valence electrons. The van der Waals surface area contributed by atoms with E-state index in [2.05, 4.69) is 0 Å². The van der Waals surface area contributed by atoms with Crippen molar-refractivity contribution in [1.82, 2.24) is 14.7 Å². The highest BCUT2D eigenvalue weighted by Crippen LogP contribution is 2.52. The van der Waals surface area contributed by atoms with E-state index in [1.165, 1.54) is 21.6 Å². The predicted molar refractivity (Wildman–Crippen MR) is 98.9 cm³/mol. The van der Waals surface area contributed by atoms with Crippen LogP contribution < -0.4 is 0 Å². The monoisotopic (exact) mass is 409 g/mol. The van der Waals surface area contributed by atoms with Gasteiger partial charge < -0.3 is 20.0 Å². The number of aliphatic hydroxyl groups excluding tert-OH is 1. The van der Waals surface area contributed by atoms with Gasteiger partial charge in [0.1, 0.15) is 11.7 Å². The molecule has 3 saturated heterocycles. The van der Waals surface area contributed by atoms with Crippen LogP contribution in [0.25, 0.3) is 0 Å². The summed E-state index contributed by atoms with van der Waals surface area (Å²) in [5.41, 5.74) is -0.0238. The Morgan fingerprint density at radius 3 is 2.50 bits per heavy atom. The van der Waals surface area contributed by atoms with Gasteiger partial charge in [0.15, 0.2) is 0 Å². The van der Waals surface area contributed by atoms with Crippen LogP contribution in [0.1, 0.15) is 27.2 Å². The highest BCUT2D eigenvalue weighted by atomic mass is 32.2. The molecule has 28 heavy (non-hydrogen) atoms. The number of carbonyl (C=O) groups is 4. The van der Waals surface area contributed by atoms with Gasteiger partial charge in [-0.25, -0.2) is 9.59 Å². The van der Waals surface area contributed by atoms with Crippen molar-refractivity contribution in [2.75, 3.05) is 13.1 Å². The fourth-order valence-corrected chi connectivity index (χ4v) is 6.43. The van der Waals surface area contributed by atoms with Gasteiger partial charge in [0.05, 0.1) is 18.1 Å². The van der Waals surface area contributed by atoms with Gasteiger partial charge in [-0.15, -0.1) is 11.8 Å². The number of aliphatic hydroxyl groups is 1. The van der Waals surface area contributed by atoms with E-state index in [1.807, 2.05) is 6.92 Å². The molecule has 0 spiro atoms. The van der Waals surface area contributed by atoms with Crippen LogP contribution in [0.4, 0.5) is 4.79 Å². The summed E-state index contributed by atoms with van der Waals surface area (Å²) in [4.78, 5) is 53.7. The number of fused-ring (bicyclic) bond motifs is 2. The van der Waals surface area contributed by atoms with Crippen molar-refractivity contribution in [3.05, 3.63) is 10.6 Å². The molecule has 0 aromatic rings. The number of rotatable bonds is 5. The average molecular weight is 409 g/mol. The van der Waals surface area contributed by atoms with Crippen molar-refractivity contribution in [2.45, 2.75) is 50.6 Å². The molecule has 0 radical (unpaired) electrons. The molecule has 0 saturated carbocycles. The Balaban J connectivity index is 1.56. The van der Waals surface area contributed by atoms with E-state index in [-0.39, 0.29) is 40.8 Å². The SMILES string of the molecule is CCN1C(=O)[C@@H]2C[C@H](SC3=C(C(=O)O)N4C(=O)[C@H]([C@@H](C)O)[C@H]4[C@H]3C)CN2C1=O. The zero-order chi connectivity index (χ0) is 20.5. The fraction of sp³-hybridized carbons (Fsp3) is 0.667. The lowest BCUT2D eigenvalue weighted by Crippen LogP contribution is -2.63. The van der Waals surface area contributed by atoms with Crippen molar-refractivity contribution in [2.24, 2.45) is 11.8 Å². The number of aliphatic carboxylic acids is 1. The number of likely N-dealkylation sites (N-methyl/N-ethyl adjacent to an activating group) is 1. The van der Waals surface area contributed by atoms with Crippen molar-refractivity contribution < 1.29 is 29.4 Å². The summed E-state index contributed by atoms with van der Waals surface area (Å²) in [6.45, 7) is 5.88. The second kappa shape index (κ2) is 6.48. The first kappa shape index (κ1) is 19.3. The number of hydrogen-bond acceptors (Lipinski definition) is 6. The van der Waals surface area contributed by atoms with E-state index < -0.39 is 24.0 Å². The number of β-lactam (4-membered cyclic amide) rings is 1. The normalized spacial score (nSPS) is 35.5. The summed E-state index contributed by atoms with van der Waals surface area (Å²) in [5.74, 6) is -2.55. The van der Waals surface area contributed by atoms with E-state index in [0.717, 1.165) is 0 Å². The molecule has 0 aromatic carbocycles. The van der Waals surface area contributed by atoms with Gasteiger partial charge in [0, 0.05) is 29.2 Å². The van der Waals surface area contributed by atoms with Crippen LogP contribution in [0, 0.1) is 11.8 Å². The van der Waals surface area contributed by atoms with Gasteiger partial charge in [-0.1, -0.05) is 6.92 Å². The molecule has 4 aliphatic heterocycles. The predicted octanol–water partition coefficient (Wildman–Crippen LogP) is 0.298. The molecular weight excluding hydrogens is 386 g/mol. The number of amides is 4. The Kier molecular flexibility index (Phi) is 4.46. The molecule has 10 heteroatoms. The van der Waals surface area contributed by atoms with E-state index in [9.17, 15) is 29.4 Å². The van der Waals surface area contributed by atoms with Gasteiger partial charge in [-0.2, -0.15) is 0 Å². The van der Waals surface area contributed by atoms with Gasteiger partial charge in [0.2, 0.25) is 5.91 Å². The maximum Gasteiger partial charge on any atom is 0.353 e. The quantitative estimate of drug-likeness (QED) is 0.495. The maximum atomic E-state index is 12.4. The Morgan fingerprint density at radius 1 is 1.29 bits per heavy atom. The molecule has 0 aliphatic carbocycles. The third-order valence-electron chi connectivity index (χ3n) is 6.21. The zero-order valence-corrected chi connectivity index (χ0v) is 16.7. The molecule has 4 aliphatic rings. The lowest BCUT2D eigenvalue weighted by Gasteiger charge is -2.46. The van der Waals surface area contributed by atoms with E-state index in [0.29, 0.717) is 24.4 Å². The van der Waals surface area contributed by atoms with Gasteiger partial charge in [-0.3, -0.25) is 14.5 Å². The minimum Gasteiger partial charge on any atom is -0.477 e. The van der Waals surface area contributed by atoms with Gasteiger partial charge >= 0.3 is 12.0 Å². The summed E-state index contributed by atoms with van der Waals surface area (Å²) in [7, 11) is 0. The minimum absolute atomic E-state index is 0.0238. The summed E-state index contributed by atoms with van der Waals surface area (Å²) in [5, 5.41) is 19.5. The topological polar surface area (TPSA) is 118 Å². The largest absolute Gasteiger partial charge is 0.477 e. The molecule has 4 heterocycles. The summed E-state index contributed by atoms with van der Waals surface area (Å²) in [6, 6.07) is -1.14. The number of urea groups is 1. The fourth-order valence-electron chi connectivity index (χ4n) is 4.91. The Bertz CT molecular complexity index is 787. The molecule has 4 amide bonds. The third-order valence-corrected chi connectivity index (χ3v) is 7.71. The first-order chi connectivity index (χ1) is 13.2. The van der Waals surface area contributed by atoms with Crippen LogP contribution in [0.3, 0.4) is 0 Å². The lowest BCUT2D eigenvalue weighted by atomic mass is 9.79. The Morgan fingerprint density at radius 2 is 1.96 bits per heavy atom. The molecule has 3 fully saturated rings.